The first-order valence-electron chi connectivity index (χ1n) is 5.89. The second-order valence-corrected chi connectivity index (χ2v) is 4.84. The molecule has 0 aliphatic carbocycles. The minimum Gasteiger partial charge on any atom is -0.508 e. The molecule has 0 atom stereocenters. The molecule has 0 spiro atoms. The van der Waals surface area contributed by atoms with E-state index in [0.29, 0.717) is 5.56 Å². The van der Waals surface area contributed by atoms with E-state index in [4.69, 9.17) is 0 Å². The Balaban J connectivity index is 1.78. The highest BCUT2D eigenvalue weighted by atomic mass is 32.2. The lowest BCUT2D eigenvalue weighted by molar-refractivity contribution is -0.118. The van der Waals surface area contributed by atoms with Crippen LogP contribution in [0.5, 0.6) is 5.75 Å². The Morgan fingerprint density at radius 2 is 2.25 bits per heavy atom. The summed E-state index contributed by atoms with van der Waals surface area (Å²) in [4.78, 5) is 15.7. The topological polar surface area (TPSA) is 74.6 Å². The van der Waals surface area contributed by atoms with Gasteiger partial charge >= 0.3 is 0 Å². The highest BCUT2D eigenvalue weighted by molar-refractivity contribution is 7.99. The number of aromatic hydroxyl groups is 1. The first kappa shape index (κ1) is 14.1. The third-order valence-corrected chi connectivity index (χ3v) is 3.21. The van der Waals surface area contributed by atoms with Crippen molar-refractivity contribution in [2.75, 3.05) is 5.75 Å². The average Bonchev–Trinajstić information content (AvgIpc) is 2.46. The molecule has 2 rings (SSSR count). The summed E-state index contributed by atoms with van der Waals surface area (Å²) in [7, 11) is 0. The van der Waals surface area contributed by atoms with E-state index in [9.17, 15) is 9.90 Å². The monoisotopic (exact) mass is 287 g/mol. The van der Waals surface area contributed by atoms with Crippen LogP contribution in [0.3, 0.4) is 0 Å². The normalized spacial score (nSPS) is 10.6. The van der Waals surface area contributed by atoms with E-state index < -0.39 is 0 Å². The molecule has 0 bridgehead atoms. The standard InChI is InChI=1S/C14H13N3O2S/c18-12-5-3-4-11(8-12)9-16-17-13(19)10-20-14-6-1-2-7-15-14/h1-9,18H,10H2,(H,17,19). The Morgan fingerprint density at radius 3 is 3.00 bits per heavy atom. The lowest BCUT2D eigenvalue weighted by Crippen LogP contribution is -2.19. The van der Waals surface area contributed by atoms with Crippen LogP contribution in [0.25, 0.3) is 0 Å². The number of hydrogen-bond donors (Lipinski definition) is 2. The largest absolute Gasteiger partial charge is 0.508 e. The Bertz CT molecular complexity index is 602. The molecule has 0 saturated carbocycles. The number of benzene rings is 1. The van der Waals surface area contributed by atoms with E-state index in [2.05, 4.69) is 15.5 Å². The number of nitrogens with zero attached hydrogens (tertiary/aromatic N) is 2. The van der Waals surface area contributed by atoms with Gasteiger partial charge in [-0.1, -0.05) is 30.0 Å². The van der Waals surface area contributed by atoms with Crippen molar-refractivity contribution in [2.45, 2.75) is 5.03 Å². The molecule has 0 saturated heterocycles. The van der Waals surface area contributed by atoms with Crippen molar-refractivity contribution in [2.24, 2.45) is 5.10 Å². The van der Waals surface area contributed by atoms with E-state index in [1.54, 1.807) is 30.5 Å². The molecule has 1 aromatic carbocycles. The van der Waals surface area contributed by atoms with Crippen LogP contribution in [0.4, 0.5) is 0 Å². The van der Waals surface area contributed by atoms with Gasteiger partial charge in [-0.25, -0.2) is 10.4 Å². The number of rotatable bonds is 5. The molecule has 5 nitrogen and oxygen atoms in total. The summed E-state index contributed by atoms with van der Waals surface area (Å²) < 4.78 is 0. The molecule has 1 aromatic heterocycles. The van der Waals surface area contributed by atoms with Crippen LogP contribution >= 0.6 is 11.8 Å². The van der Waals surface area contributed by atoms with Crippen molar-refractivity contribution < 1.29 is 9.90 Å². The number of amides is 1. The predicted octanol–water partition coefficient (Wildman–Crippen LogP) is 2.03. The molecule has 6 heteroatoms. The first-order chi connectivity index (χ1) is 9.74. The van der Waals surface area contributed by atoms with Gasteiger partial charge in [-0.3, -0.25) is 4.79 Å². The molecular weight excluding hydrogens is 274 g/mol. The number of carbonyl (C=O) groups excluding carboxylic acids is 1. The number of hydrazone groups is 1. The third-order valence-electron chi connectivity index (χ3n) is 2.26. The zero-order chi connectivity index (χ0) is 14.2. The number of phenols is 1. The quantitative estimate of drug-likeness (QED) is 0.501. The van der Waals surface area contributed by atoms with Crippen molar-refractivity contribution in [1.29, 1.82) is 0 Å². The summed E-state index contributed by atoms with van der Waals surface area (Å²) in [5, 5.41) is 13.9. The fourth-order valence-corrected chi connectivity index (χ4v) is 2.04. The van der Waals surface area contributed by atoms with Crippen LogP contribution in [-0.2, 0) is 4.79 Å². The zero-order valence-corrected chi connectivity index (χ0v) is 11.4. The second kappa shape index (κ2) is 7.30. The summed E-state index contributed by atoms with van der Waals surface area (Å²) in [5.74, 6) is 0.192. The average molecular weight is 287 g/mol. The Labute approximate surface area is 120 Å². The van der Waals surface area contributed by atoms with Crippen LogP contribution < -0.4 is 5.43 Å². The van der Waals surface area contributed by atoms with Crippen molar-refractivity contribution >= 4 is 23.9 Å². The van der Waals surface area contributed by atoms with Gasteiger partial charge in [0, 0.05) is 6.20 Å². The third kappa shape index (κ3) is 4.74. The first-order valence-corrected chi connectivity index (χ1v) is 6.87. The SMILES string of the molecule is O=C(CSc1ccccn1)NN=Cc1cccc(O)c1. The van der Waals surface area contributed by atoms with Crippen LogP contribution in [0.2, 0.25) is 0 Å². The number of hydrogen-bond acceptors (Lipinski definition) is 5. The van der Waals surface area contributed by atoms with E-state index in [0.717, 1.165) is 5.03 Å². The van der Waals surface area contributed by atoms with Crippen LogP contribution in [-0.4, -0.2) is 28.0 Å². The Kier molecular flexibility index (Phi) is 5.14. The van der Waals surface area contributed by atoms with Gasteiger partial charge in [0.2, 0.25) is 5.91 Å². The molecule has 20 heavy (non-hydrogen) atoms. The fourth-order valence-electron chi connectivity index (χ4n) is 1.39. The van der Waals surface area contributed by atoms with Gasteiger partial charge in [-0.15, -0.1) is 0 Å². The van der Waals surface area contributed by atoms with Crippen molar-refractivity contribution in [3.8, 4) is 5.75 Å². The maximum Gasteiger partial charge on any atom is 0.250 e. The number of aromatic nitrogens is 1. The van der Waals surface area contributed by atoms with Crippen molar-refractivity contribution in [3.05, 3.63) is 54.2 Å². The number of pyridine rings is 1. The molecule has 1 amide bonds. The zero-order valence-electron chi connectivity index (χ0n) is 10.6. The second-order valence-electron chi connectivity index (χ2n) is 3.84. The number of carbonyl (C=O) groups is 1. The van der Waals surface area contributed by atoms with Gasteiger partial charge in [-0.05, 0) is 29.8 Å². The Hall–Kier alpha value is -2.34. The van der Waals surface area contributed by atoms with Crippen LogP contribution in [0.1, 0.15) is 5.56 Å². The molecule has 1 heterocycles. The molecule has 102 valence electrons. The molecule has 0 radical (unpaired) electrons. The molecular formula is C14H13N3O2S. The smallest absolute Gasteiger partial charge is 0.250 e. The number of phenolic OH excluding ortho intramolecular Hbond substituents is 1. The molecule has 2 aromatic rings. The highest BCUT2D eigenvalue weighted by Gasteiger charge is 2.01. The minimum absolute atomic E-state index is 0.158. The number of thioether (sulfide) groups is 1. The lowest BCUT2D eigenvalue weighted by Gasteiger charge is -1.99. The maximum atomic E-state index is 11.6. The van der Waals surface area contributed by atoms with Gasteiger partial charge in [0.15, 0.2) is 0 Å². The van der Waals surface area contributed by atoms with Gasteiger partial charge in [0.25, 0.3) is 0 Å². The fraction of sp³-hybridized carbons (Fsp3) is 0.0714. The van der Waals surface area contributed by atoms with Crippen LogP contribution in [0, 0.1) is 0 Å². The van der Waals surface area contributed by atoms with Gasteiger partial charge in [-0.2, -0.15) is 5.10 Å². The summed E-state index contributed by atoms with van der Waals surface area (Å²) in [6, 6.07) is 12.1. The molecule has 0 aliphatic heterocycles. The highest BCUT2D eigenvalue weighted by Crippen LogP contribution is 2.13. The van der Waals surface area contributed by atoms with E-state index >= 15 is 0 Å². The lowest BCUT2D eigenvalue weighted by atomic mass is 10.2. The predicted molar refractivity (Wildman–Crippen MR) is 78.8 cm³/mol. The Morgan fingerprint density at radius 1 is 1.35 bits per heavy atom. The summed E-state index contributed by atoms with van der Waals surface area (Å²) in [6.07, 6.45) is 3.16. The molecule has 0 fully saturated rings. The molecule has 0 unspecified atom stereocenters. The van der Waals surface area contributed by atoms with Gasteiger partial charge in [0.05, 0.1) is 17.0 Å². The summed E-state index contributed by atoms with van der Waals surface area (Å²) in [5.41, 5.74) is 3.13. The van der Waals surface area contributed by atoms with Crippen LogP contribution in [0.15, 0.2) is 58.8 Å². The minimum atomic E-state index is -0.211. The van der Waals surface area contributed by atoms with E-state index in [-0.39, 0.29) is 17.4 Å². The van der Waals surface area contributed by atoms with Crippen molar-refractivity contribution in [1.82, 2.24) is 10.4 Å². The van der Waals surface area contributed by atoms with E-state index in [1.165, 1.54) is 18.0 Å². The van der Waals surface area contributed by atoms with Gasteiger partial charge < -0.3 is 5.11 Å². The van der Waals surface area contributed by atoms with E-state index in [1.807, 2.05) is 18.2 Å². The number of nitrogens with one attached hydrogen (secondary N) is 1. The molecule has 2 N–H and O–H groups in total. The summed E-state index contributed by atoms with van der Waals surface area (Å²) in [6.45, 7) is 0. The maximum absolute atomic E-state index is 11.6. The molecule has 0 aliphatic rings. The summed E-state index contributed by atoms with van der Waals surface area (Å²) >= 11 is 1.34. The van der Waals surface area contributed by atoms with Crippen molar-refractivity contribution in [3.63, 3.8) is 0 Å². The van der Waals surface area contributed by atoms with Gasteiger partial charge in [0.1, 0.15) is 5.75 Å².